The van der Waals surface area contributed by atoms with Crippen molar-refractivity contribution in [2.45, 2.75) is 38.4 Å². The summed E-state index contributed by atoms with van der Waals surface area (Å²) in [6.45, 7) is -0.412. The number of aliphatic carboxylic acids is 1. The number of urea groups is 1. The number of benzene rings is 3. The molecule has 3 aromatic rings. The highest BCUT2D eigenvalue weighted by Gasteiger charge is 2.19. The van der Waals surface area contributed by atoms with Gasteiger partial charge in [0.1, 0.15) is 0 Å². The molecule has 0 aromatic heterocycles. The van der Waals surface area contributed by atoms with Crippen LogP contribution in [0.15, 0.2) is 78.9 Å². The summed E-state index contributed by atoms with van der Waals surface area (Å²) < 4.78 is 13.3. The summed E-state index contributed by atoms with van der Waals surface area (Å²) in [5, 5.41) is 13.8. The number of nitrogens with zero attached hydrogens (tertiary/aromatic N) is 1. The van der Waals surface area contributed by atoms with Gasteiger partial charge in [0.05, 0.1) is 13.1 Å². The van der Waals surface area contributed by atoms with Gasteiger partial charge in [-0.15, -0.1) is 0 Å². The van der Waals surface area contributed by atoms with Crippen molar-refractivity contribution in [2.24, 2.45) is 0 Å². The van der Waals surface area contributed by atoms with Crippen LogP contribution in [0.25, 0.3) is 5.57 Å². The van der Waals surface area contributed by atoms with Gasteiger partial charge >= 0.3 is 12.0 Å². The fourth-order valence-electron chi connectivity index (χ4n) is 4.36. The van der Waals surface area contributed by atoms with Crippen molar-refractivity contribution in [1.29, 1.82) is 0 Å². The number of allylic oxidation sites excluding steroid dienone is 2. The number of carbonyl (C=O) groups excluding carboxylic acids is 2. The van der Waals surface area contributed by atoms with E-state index in [0.29, 0.717) is 17.1 Å². The van der Waals surface area contributed by atoms with E-state index in [1.807, 2.05) is 24.3 Å². The van der Waals surface area contributed by atoms with Crippen LogP contribution >= 0.6 is 0 Å². The van der Waals surface area contributed by atoms with Crippen molar-refractivity contribution in [1.82, 2.24) is 5.32 Å². The van der Waals surface area contributed by atoms with Crippen LogP contribution in [0.3, 0.4) is 0 Å². The second-order valence-corrected chi connectivity index (χ2v) is 9.38. The van der Waals surface area contributed by atoms with E-state index in [1.165, 1.54) is 18.4 Å². The Morgan fingerprint density at radius 2 is 1.74 bits per heavy atom. The van der Waals surface area contributed by atoms with Crippen molar-refractivity contribution in [2.75, 3.05) is 22.5 Å². The lowest BCUT2D eigenvalue weighted by atomic mass is 9.93. The molecule has 0 saturated carbocycles. The molecule has 5 N–H and O–H groups in total. The van der Waals surface area contributed by atoms with E-state index in [-0.39, 0.29) is 18.1 Å². The van der Waals surface area contributed by atoms with Crippen molar-refractivity contribution in [3.63, 3.8) is 0 Å². The highest BCUT2D eigenvalue weighted by Crippen LogP contribution is 2.29. The van der Waals surface area contributed by atoms with E-state index in [9.17, 15) is 18.8 Å². The number of nitrogen functional groups attached to an aromatic ring is 1. The van der Waals surface area contributed by atoms with Crippen LogP contribution in [0.1, 0.15) is 47.2 Å². The van der Waals surface area contributed by atoms with Gasteiger partial charge in [0.25, 0.3) is 5.91 Å². The molecule has 4 rings (SSSR count). The van der Waals surface area contributed by atoms with E-state index in [1.54, 1.807) is 53.4 Å². The fourth-order valence-corrected chi connectivity index (χ4v) is 4.36. The maximum absolute atomic E-state index is 13.4. The number of rotatable bonds is 9. The highest BCUT2D eigenvalue weighted by atomic mass is 19.1. The van der Waals surface area contributed by atoms with Gasteiger partial charge in [-0.05, 0) is 84.8 Å². The SMILES string of the molecule is Nc1cccc(NC(=O)N(Cc2ccc(C(=O)NCC(F)C(=O)O)cc2)c2ccc(C3=CCCCC3)cc2)c1. The molecule has 9 heteroatoms. The molecule has 0 heterocycles. The molecule has 0 bridgehead atoms. The second-order valence-electron chi connectivity index (χ2n) is 9.38. The van der Waals surface area contributed by atoms with Gasteiger partial charge < -0.3 is 21.5 Å². The van der Waals surface area contributed by atoms with Crippen LogP contribution < -0.4 is 21.3 Å². The number of amides is 3. The third-order valence-corrected chi connectivity index (χ3v) is 6.49. The van der Waals surface area contributed by atoms with Gasteiger partial charge in [0, 0.05) is 22.6 Å². The molecule has 3 aromatic carbocycles. The summed E-state index contributed by atoms with van der Waals surface area (Å²) >= 11 is 0. The zero-order valence-corrected chi connectivity index (χ0v) is 21.4. The Bertz CT molecular complexity index is 1360. The Morgan fingerprint density at radius 3 is 2.38 bits per heavy atom. The molecule has 202 valence electrons. The van der Waals surface area contributed by atoms with Gasteiger partial charge in [0.2, 0.25) is 6.17 Å². The summed E-state index contributed by atoms with van der Waals surface area (Å²) in [6, 6.07) is 20.9. The highest BCUT2D eigenvalue weighted by molar-refractivity contribution is 6.02. The van der Waals surface area contributed by atoms with Crippen LogP contribution in [-0.4, -0.2) is 35.7 Å². The largest absolute Gasteiger partial charge is 0.479 e. The first-order valence-corrected chi connectivity index (χ1v) is 12.8. The Balaban J connectivity index is 1.52. The van der Waals surface area contributed by atoms with E-state index in [2.05, 4.69) is 16.7 Å². The first kappa shape index (κ1) is 27.4. The van der Waals surface area contributed by atoms with Gasteiger partial charge in [-0.2, -0.15) is 0 Å². The van der Waals surface area contributed by atoms with Crippen LogP contribution in [0.5, 0.6) is 0 Å². The van der Waals surface area contributed by atoms with Crippen molar-refractivity contribution < 1.29 is 23.9 Å². The van der Waals surface area contributed by atoms with Crippen LogP contribution in [-0.2, 0) is 11.3 Å². The quantitative estimate of drug-likeness (QED) is 0.267. The number of nitrogens with two attached hydrogens (primary N) is 1. The maximum Gasteiger partial charge on any atom is 0.340 e. The van der Waals surface area contributed by atoms with Crippen LogP contribution in [0.2, 0.25) is 0 Å². The Morgan fingerprint density at radius 1 is 1.00 bits per heavy atom. The molecular weight excluding hydrogens is 499 g/mol. The molecule has 0 saturated heterocycles. The van der Waals surface area contributed by atoms with Crippen molar-refractivity contribution >= 4 is 40.5 Å². The average Bonchev–Trinajstić information content (AvgIpc) is 2.95. The number of alkyl halides is 1. The minimum Gasteiger partial charge on any atom is -0.479 e. The molecule has 1 aliphatic carbocycles. The lowest BCUT2D eigenvalue weighted by molar-refractivity contribution is -0.142. The summed E-state index contributed by atoms with van der Waals surface area (Å²) in [7, 11) is 0. The Kier molecular flexibility index (Phi) is 8.94. The number of anilines is 3. The lowest BCUT2D eigenvalue weighted by Crippen LogP contribution is -2.35. The van der Waals surface area contributed by atoms with Gasteiger partial charge in [-0.3, -0.25) is 9.69 Å². The number of nitrogens with one attached hydrogen (secondary N) is 2. The van der Waals surface area contributed by atoms with Gasteiger partial charge in [-0.25, -0.2) is 14.0 Å². The number of carbonyl (C=O) groups is 3. The molecule has 0 fully saturated rings. The van der Waals surface area contributed by atoms with E-state index in [0.717, 1.165) is 24.0 Å². The molecule has 8 nitrogen and oxygen atoms in total. The topological polar surface area (TPSA) is 125 Å². The molecule has 1 atom stereocenters. The van der Waals surface area contributed by atoms with E-state index in [4.69, 9.17) is 10.8 Å². The number of halogens is 1. The monoisotopic (exact) mass is 530 g/mol. The standard InChI is InChI=1S/C30H31FN4O4/c31-27(29(37)38)18-33-28(36)23-11-9-20(10-12-23)19-35(30(39)34-25-8-4-7-24(32)17-25)26-15-13-22(14-16-26)21-5-2-1-3-6-21/h4-5,7-17,27H,1-3,6,18-19,32H2,(H,33,36)(H,34,39)(H,37,38). The van der Waals surface area contributed by atoms with Crippen molar-refractivity contribution in [3.05, 3.63) is 95.6 Å². The van der Waals surface area contributed by atoms with Gasteiger partial charge in [-0.1, -0.05) is 36.4 Å². The van der Waals surface area contributed by atoms with Gasteiger partial charge in [0.15, 0.2) is 0 Å². The lowest BCUT2D eigenvalue weighted by Gasteiger charge is -2.24. The third kappa shape index (κ3) is 7.44. The molecule has 1 aliphatic rings. The van der Waals surface area contributed by atoms with Crippen LogP contribution in [0, 0.1) is 0 Å². The first-order chi connectivity index (χ1) is 18.8. The Hall–Kier alpha value is -4.66. The third-order valence-electron chi connectivity index (χ3n) is 6.49. The van der Waals surface area contributed by atoms with E-state index >= 15 is 0 Å². The zero-order valence-electron chi connectivity index (χ0n) is 21.4. The molecule has 0 aliphatic heterocycles. The molecule has 3 amide bonds. The molecular formula is C30H31FN4O4. The molecule has 39 heavy (non-hydrogen) atoms. The number of carboxylic acids is 1. The predicted molar refractivity (Wildman–Crippen MR) is 150 cm³/mol. The summed E-state index contributed by atoms with van der Waals surface area (Å²) in [5.41, 5.74) is 11.1. The van der Waals surface area contributed by atoms with Crippen molar-refractivity contribution in [3.8, 4) is 0 Å². The smallest absolute Gasteiger partial charge is 0.340 e. The minimum absolute atomic E-state index is 0.212. The summed E-state index contributed by atoms with van der Waals surface area (Å²) in [4.78, 5) is 37.9. The maximum atomic E-state index is 13.4. The summed E-state index contributed by atoms with van der Waals surface area (Å²) in [6.07, 6.45) is 4.59. The summed E-state index contributed by atoms with van der Waals surface area (Å²) in [5.74, 6) is -2.22. The van der Waals surface area contributed by atoms with Crippen LogP contribution in [0.4, 0.5) is 26.2 Å². The number of hydrogen-bond acceptors (Lipinski definition) is 4. The first-order valence-electron chi connectivity index (χ1n) is 12.8. The molecule has 0 spiro atoms. The molecule has 1 unspecified atom stereocenters. The zero-order chi connectivity index (χ0) is 27.8. The number of hydrogen-bond donors (Lipinski definition) is 4. The average molecular weight is 531 g/mol. The second kappa shape index (κ2) is 12.7. The number of carboxylic acid groups (broad SMARTS) is 1. The normalized spacial score (nSPS) is 13.6. The van der Waals surface area contributed by atoms with E-state index < -0.39 is 24.6 Å². The Labute approximate surface area is 226 Å². The minimum atomic E-state index is -2.18. The predicted octanol–water partition coefficient (Wildman–Crippen LogP) is 5.62. The fraction of sp³-hybridized carbons (Fsp3) is 0.233. The molecule has 0 radical (unpaired) electrons.